The molecule has 0 aliphatic carbocycles. The molecule has 1 aromatic carbocycles. The first-order chi connectivity index (χ1) is 7.13. The lowest BCUT2D eigenvalue weighted by atomic mass is 10.0. The molecule has 0 saturated heterocycles. The van der Waals surface area contributed by atoms with Crippen LogP contribution in [0.25, 0.3) is 0 Å². The number of carbonyl (C=O) groups is 1. The lowest BCUT2D eigenvalue weighted by Gasteiger charge is -2.08. The lowest BCUT2D eigenvalue weighted by molar-refractivity contribution is -0.138. The molecule has 0 saturated carbocycles. The van der Waals surface area contributed by atoms with Gasteiger partial charge in [0.1, 0.15) is 6.54 Å². The number of methoxy groups -OCH3 is 1. The number of carbonyl (C=O) groups excluding carboxylic acids is 1. The highest BCUT2D eigenvalue weighted by Crippen LogP contribution is 2.16. The Labute approximate surface area is 103 Å². The first-order valence-corrected chi connectivity index (χ1v) is 5.04. The largest absolute Gasteiger partial charge is 0.468 e. The van der Waals surface area contributed by atoms with Gasteiger partial charge in [-0.1, -0.05) is 26.0 Å². The van der Waals surface area contributed by atoms with Crippen molar-refractivity contribution in [2.45, 2.75) is 19.8 Å². The van der Waals surface area contributed by atoms with Gasteiger partial charge in [0, 0.05) is 5.69 Å². The second kappa shape index (κ2) is 7.12. The molecule has 1 rings (SSSR count). The topological polar surface area (TPSA) is 38.3 Å². The normalized spacial score (nSPS) is 9.50. The van der Waals surface area contributed by atoms with Crippen molar-refractivity contribution in [1.82, 2.24) is 0 Å². The lowest BCUT2D eigenvalue weighted by Crippen LogP contribution is -2.14. The number of anilines is 1. The average Bonchev–Trinajstić information content (AvgIpc) is 2.26. The van der Waals surface area contributed by atoms with Gasteiger partial charge in [-0.2, -0.15) is 0 Å². The summed E-state index contributed by atoms with van der Waals surface area (Å²) in [5.41, 5.74) is 2.23. The van der Waals surface area contributed by atoms with Crippen molar-refractivity contribution < 1.29 is 9.53 Å². The molecule has 0 spiro atoms. The average molecular weight is 244 g/mol. The molecular weight excluding hydrogens is 226 g/mol. The molecule has 0 unspecified atom stereocenters. The van der Waals surface area contributed by atoms with Crippen LogP contribution in [0.1, 0.15) is 25.3 Å². The van der Waals surface area contributed by atoms with E-state index < -0.39 is 0 Å². The molecule has 0 aliphatic rings. The van der Waals surface area contributed by atoms with Gasteiger partial charge in [-0.25, -0.2) is 0 Å². The summed E-state index contributed by atoms with van der Waals surface area (Å²) < 4.78 is 4.53. The van der Waals surface area contributed by atoms with Crippen LogP contribution >= 0.6 is 12.4 Å². The van der Waals surface area contributed by atoms with E-state index in [4.69, 9.17) is 0 Å². The SMILES string of the molecule is COC(=O)CNc1ccc(C(C)C)cc1.Cl. The van der Waals surface area contributed by atoms with Crippen molar-refractivity contribution in [2.24, 2.45) is 0 Å². The van der Waals surface area contributed by atoms with Gasteiger partial charge in [-0.15, -0.1) is 12.4 Å². The monoisotopic (exact) mass is 243 g/mol. The molecule has 0 aromatic heterocycles. The Morgan fingerprint density at radius 1 is 1.31 bits per heavy atom. The van der Waals surface area contributed by atoms with E-state index in [-0.39, 0.29) is 24.9 Å². The van der Waals surface area contributed by atoms with Gasteiger partial charge in [-0.05, 0) is 23.6 Å². The summed E-state index contributed by atoms with van der Waals surface area (Å²) in [5.74, 6) is 0.266. The second-order valence-electron chi connectivity index (χ2n) is 3.71. The van der Waals surface area contributed by atoms with E-state index in [1.807, 2.05) is 12.1 Å². The summed E-state index contributed by atoms with van der Waals surface area (Å²) in [6, 6.07) is 8.06. The Bertz CT molecular complexity index is 322. The number of benzene rings is 1. The van der Waals surface area contributed by atoms with Gasteiger partial charge in [0.05, 0.1) is 7.11 Å². The van der Waals surface area contributed by atoms with Gasteiger partial charge in [0.2, 0.25) is 0 Å². The van der Waals surface area contributed by atoms with Crippen LogP contribution in [0.3, 0.4) is 0 Å². The van der Waals surface area contributed by atoms with Crippen molar-refractivity contribution in [3.8, 4) is 0 Å². The number of ether oxygens (including phenoxy) is 1. The summed E-state index contributed by atoms with van der Waals surface area (Å²) >= 11 is 0. The third-order valence-corrected chi connectivity index (χ3v) is 2.24. The van der Waals surface area contributed by atoms with Crippen LogP contribution in [0.4, 0.5) is 5.69 Å². The number of hydrogen-bond acceptors (Lipinski definition) is 3. The molecule has 90 valence electrons. The Kier molecular flexibility index (Phi) is 6.58. The fraction of sp³-hybridized carbons (Fsp3) is 0.417. The molecule has 1 aromatic rings. The molecule has 16 heavy (non-hydrogen) atoms. The molecular formula is C12H18ClNO2. The van der Waals surface area contributed by atoms with E-state index in [1.54, 1.807) is 0 Å². The van der Waals surface area contributed by atoms with E-state index in [9.17, 15) is 4.79 Å². The van der Waals surface area contributed by atoms with Crippen LogP contribution in [-0.4, -0.2) is 19.6 Å². The van der Waals surface area contributed by atoms with Crippen molar-refractivity contribution in [3.63, 3.8) is 0 Å². The van der Waals surface area contributed by atoms with Gasteiger partial charge < -0.3 is 10.1 Å². The Morgan fingerprint density at radius 3 is 2.31 bits per heavy atom. The molecule has 1 N–H and O–H groups in total. The maximum absolute atomic E-state index is 10.9. The predicted molar refractivity (Wildman–Crippen MR) is 68.3 cm³/mol. The quantitative estimate of drug-likeness (QED) is 0.827. The van der Waals surface area contributed by atoms with E-state index in [0.29, 0.717) is 5.92 Å². The molecule has 0 atom stereocenters. The van der Waals surface area contributed by atoms with Crippen molar-refractivity contribution in [2.75, 3.05) is 19.0 Å². The summed E-state index contributed by atoms with van der Waals surface area (Å²) in [7, 11) is 1.38. The van der Waals surface area contributed by atoms with Crippen molar-refractivity contribution in [1.29, 1.82) is 0 Å². The molecule has 0 radical (unpaired) electrons. The van der Waals surface area contributed by atoms with Gasteiger partial charge >= 0.3 is 5.97 Å². The molecule has 3 nitrogen and oxygen atoms in total. The third kappa shape index (κ3) is 4.53. The molecule has 0 bridgehead atoms. The van der Waals surface area contributed by atoms with Gasteiger partial charge in [-0.3, -0.25) is 4.79 Å². The predicted octanol–water partition coefficient (Wildman–Crippen LogP) is 2.82. The number of esters is 1. The van der Waals surface area contributed by atoms with Crippen LogP contribution < -0.4 is 5.32 Å². The van der Waals surface area contributed by atoms with Crippen molar-refractivity contribution in [3.05, 3.63) is 29.8 Å². The van der Waals surface area contributed by atoms with E-state index in [0.717, 1.165) is 5.69 Å². The smallest absolute Gasteiger partial charge is 0.325 e. The molecule has 0 amide bonds. The standard InChI is InChI=1S/C12H17NO2.ClH/c1-9(2)10-4-6-11(7-5-10)13-8-12(14)15-3;/h4-7,9,13H,8H2,1-3H3;1H. The van der Waals surface area contributed by atoms with Crippen LogP contribution in [0.5, 0.6) is 0 Å². The summed E-state index contributed by atoms with van der Waals surface area (Å²) in [4.78, 5) is 10.9. The number of nitrogens with one attached hydrogen (secondary N) is 1. The van der Waals surface area contributed by atoms with Gasteiger partial charge in [0.15, 0.2) is 0 Å². The molecule has 4 heteroatoms. The van der Waals surface area contributed by atoms with Crippen molar-refractivity contribution >= 4 is 24.1 Å². The van der Waals surface area contributed by atoms with Crippen LogP contribution in [0.15, 0.2) is 24.3 Å². The van der Waals surface area contributed by atoms with Crippen LogP contribution in [-0.2, 0) is 9.53 Å². The summed E-state index contributed by atoms with van der Waals surface area (Å²) in [6.07, 6.45) is 0. The maximum Gasteiger partial charge on any atom is 0.325 e. The molecule has 0 aliphatic heterocycles. The van der Waals surface area contributed by atoms with Crippen LogP contribution in [0, 0.1) is 0 Å². The Hall–Kier alpha value is -1.22. The molecule has 0 fully saturated rings. The first kappa shape index (κ1) is 14.8. The highest BCUT2D eigenvalue weighted by atomic mass is 35.5. The Morgan fingerprint density at radius 2 is 1.88 bits per heavy atom. The highest BCUT2D eigenvalue weighted by molar-refractivity contribution is 5.85. The highest BCUT2D eigenvalue weighted by Gasteiger charge is 2.01. The zero-order valence-corrected chi connectivity index (χ0v) is 10.6. The Balaban J connectivity index is 0.00000225. The van der Waals surface area contributed by atoms with E-state index in [1.165, 1.54) is 12.7 Å². The first-order valence-electron chi connectivity index (χ1n) is 5.04. The van der Waals surface area contributed by atoms with Gasteiger partial charge in [0.25, 0.3) is 0 Å². The zero-order valence-electron chi connectivity index (χ0n) is 9.82. The summed E-state index contributed by atoms with van der Waals surface area (Å²) in [5, 5.41) is 2.99. The minimum Gasteiger partial charge on any atom is -0.468 e. The molecule has 0 heterocycles. The number of halogens is 1. The zero-order chi connectivity index (χ0) is 11.3. The third-order valence-electron chi connectivity index (χ3n) is 2.24. The van der Waals surface area contributed by atoms with E-state index in [2.05, 4.69) is 36.0 Å². The minimum atomic E-state index is -0.261. The second-order valence-corrected chi connectivity index (χ2v) is 3.71. The maximum atomic E-state index is 10.9. The fourth-order valence-electron chi connectivity index (χ4n) is 1.23. The van der Waals surface area contributed by atoms with Crippen LogP contribution in [0.2, 0.25) is 0 Å². The van der Waals surface area contributed by atoms with E-state index >= 15 is 0 Å². The fourth-order valence-corrected chi connectivity index (χ4v) is 1.23. The minimum absolute atomic E-state index is 0. The number of hydrogen-bond donors (Lipinski definition) is 1. The summed E-state index contributed by atoms with van der Waals surface area (Å²) in [6.45, 7) is 4.51. The number of rotatable bonds is 4.